The zero-order chi connectivity index (χ0) is 15.1. The molecule has 0 fully saturated rings. The van der Waals surface area contributed by atoms with E-state index in [1.807, 2.05) is 13.8 Å². The van der Waals surface area contributed by atoms with E-state index in [0.29, 0.717) is 12.6 Å². The molecule has 0 aromatic carbocycles. The third kappa shape index (κ3) is 4.81. The third-order valence-electron chi connectivity index (χ3n) is 2.43. The van der Waals surface area contributed by atoms with Gasteiger partial charge in [-0.2, -0.15) is 0 Å². The highest BCUT2D eigenvalue weighted by Gasteiger charge is 2.17. The molecule has 1 heterocycles. The molecule has 1 aromatic rings. The molecule has 0 aliphatic rings. The molecule has 0 aliphatic heterocycles. The fourth-order valence-corrected chi connectivity index (χ4v) is 1.46. The summed E-state index contributed by atoms with van der Waals surface area (Å²) >= 11 is 0. The number of ether oxygens (including phenoxy) is 1. The summed E-state index contributed by atoms with van der Waals surface area (Å²) in [5, 5.41) is 13.8. The number of rotatable bonds is 8. The van der Waals surface area contributed by atoms with Crippen LogP contribution in [0.5, 0.6) is 5.88 Å². The standard InChI is InChI=1S/C12H18N4O4/c1-8(2)14-4-3-5-20-12-10(11(13)17)6-9(7-15-12)16(18)19/h6-8,14H,3-5H2,1-2H3,(H2,13,17). The monoisotopic (exact) mass is 282 g/mol. The van der Waals surface area contributed by atoms with Crippen LogP contribution in [0.2, 0.25) is 0 Å². The Balaban J connectivity index is 2.65. The highest BCUT2D eigenvalue weighted by Crippen LogP contribution is 2.20. The first-order valence-electron chi connectivity index (χ1n) is 6.22. The van der Waals surface area contributed by atoms with Crippen LogP contribution in [0.1, 0.15) is 30.6 Å². The van der Waals surface area contributed by atoms with Crippen LogP contribution < -0.4 is 15.8 Å². The second-order valence-corrected chi connectivity index (χ2v) is 4.48. The van der Waals surface area contributed by atoms with Gasteiger partial charge in [-0.25, -0.2) is 4.98 Å². The smallest absolute Gasteiger partial charge is 0.288 e. The SMILES string of the molecule is CC(C)NCCCOc1ncc([N+](=O)[O-])cc1C(N)=O. The van der Waals surface area contributed by atoms with E-state index in [4.69, 9.17) is 10.5 Å². The van der Waals surface area contributed by atoms with Gasteiger partial charge >= 0.3 is 0 Å². The van der Waals surface area contributed by atoms with Gasteiger partial charge in [0.25, 0.3) is 11.6 Å². The molecule has 0 atom stereocenters. The number of primary amides is 1. The first-order chi connectivity index (χ1) is 9.41. The van der Waals surface area contributed by atoms with E-state index < -0.39 is 10.8 Å². The zero-order valence-electron chi connectivity index (χ0n) is 11.5. The third-order valence-corrected chi connectivity index (χ3v) is 2.43. The van der Waals surface area contributed by atoms with Crippen molar-refractivity contribution in [2.45, 2.75) is 26.3 Å². The Morgan fingerprint density at radius 1 is 1.60 bits per heavy atom. The Morgan fingerprint density at radius 3 is 2.85 bits per heavy atom. The number of carbonyl (C=O) groups is 1. The molecule has 20 heavy (non-hydrogen) atoms. The molecule has 1 rings (SSSR count). The number of hydrogen-bond acceptors (Lipinski definition) is 6. The van der Waals surface area contributed by atoms with Crippen LogP contribution in [0.3, 0.4) is 0 Å². The number of aromatic nitrogens is 1. The van der Waals surface area contributed by atoms with E-state index in [1.54, 1.807) is 0 Å². The van der Waals surface area contributed by atoms with Crippen molar-refractivity contribution in [1.29, 1.82) is 0 Å². The number of amides is 1. The molecule has 0 saturated heterocycles. The Bertz CT molecular complexity index is 490. The highest BCUT2D eigenvalue weighted by molar-refractivity contribution is 5.95. The van der Waals surface area contributed by atoms with Crippen molar-refractivity contribution in [2.24, 2.45) is 5.73 Å². The van der Waals surface area contributed by atoms with Gasteiger partial charge in [0.15, 0.2) is 0 Å². The van der Waals surface area contributed by atoms with Crippen LogP contribution in [0, 0.1) is 10.1 Å². The summed E-state index contributed by atoms with van der Waals surface area (Å²) in [7, 11) is 0. The summed E-state index contributed by atoms with van der Waals surface area (Å²) in [5.41, 5.74) is 4.77. The van der Waals surface area contributed by atoms with Gasteiger partial charge in [0.05, 0.1) is 11.5 Å². The summed E-state index contributed by atoms with van der Waals surface area (Å²) < 4.78 is 5.34. The number of nitrogens with one attached hydrogen (secondary N) is 1. The molecule has 0 unspecified atom stereocenters. The number of nitrogens with zero attached hydrogens (tertiary/aromatic N) is 2. The normalized spacial score (nSPS) is 10.6. The van der Waals surface area contributed by atoms with Gasteiger partial charge < -0.3 is 15.8 Å². The number of nitro groups is 1. The quantitative estimate of drug-likeness (QED) is 0.414. The molecule has 0 saturated carbocycles. The second kappa shape index (κ2) is 7.39. The lowest BCUT2D eigenvalue weighted by atomic mass is 10.2. The largest absolute Gasteiger partial charge is 0.477 e. The van der Waals surface area contributed by atoms with Gasteiger partial charge in [-0.1, -0.05) is 13.8 Å². The van der Waals surface area contributed by atoms with Crippen molar-refractivity contribution in [3.05, 3.63) is 27.9 Å². The van der Waals surface area contributed by atoms with Gasteiger partial charge in [0.1, 0.15) is 11.8 Å². The number of carbonyl (C=O) groups excluding carboxylic acids is 1. The van der Waals surface area contributed by atoms with Crippen LogP contribution >= 0.6 is 0 Å². The molecule has 110 valence electrons. The second-order valence-electron chi connectivity index (χ2n) is 4.48. The maximum absolute atomic E-state index is 11.2. The minimum atomic E-state index is -0.809. The number of hydrogen-bond donors (Lipinski definition) is 2. The van der Waals surface area contributed by atoms with Crippen molar-refractivity contribution in [2.75, 3.05) is 13.2 Å². The summed E-state index contributed by atoms with van der Waals surface area (Å²) in [4.78, 5) is 25.0. The van der Waals surface area contributed by atoms with E-state index in [0.717, 1.165) is 25.2 Å². The number of pyridine rings is 1. The molecule has 8 nitrogen and oxygen atoms in total. The van der Waals surface area contributed by atoms with Crippen LogP contribution in [-0.4, -0.2) is 35.0 Å². The minimum Gasteiger partial charge on any atom is -0.477 e. The fraction of sp³-hybridized carbons (Fsp3) is 0.500. The number of nitrogens with two attached hydrogens (primary N) is 1. The Hall–Kier alpha value is -2.22. The Kier molecular flexibility index (Phi) is 5.85. The van der Waals surface area contributed by atoms with Crippen LogP contribution in [-0.2, 0) is 0 Å². The van der Waals surface area contributed by atoms with Gasteiger partial charge in [-0.3, -0.25) is 14.9 Å². The van der Waals surface area contributed by atoms with Crippen LogP contribution in [0.25, 0.3) is 0 Å². The van der Waals surface area contributed by atoms with Crippen molar-refractivity contribution in [3.8, 4) is 5.88 Å². The van der Waals surface area contributed by atoms with E-state index in [1.165, 1.54) is 0 Å². The maximum atomic E-state index is 11.2. The average molecular weight is 282 g/mol. The van der Waals surface area contributed by atoms with E-state index in [-0.39, 0.29) is 17.1 Å². The zero-order valence-corrected chi connectivity index (χ0v) is 11.5. The molecular formula is C12H18N4O4. The molecule has 1 amide bonds. The molecule has 0 spiro atoms. The van der Waals surface area contributed by atoms with Gasteiger partial charge in [0, 0.05) is 12.1 Å². The van der Waals surface area contributed by atoms with Gasteiger partial charge in [0.2, 0.25) is 5.88 Å². The molecular weight excluding hydrogens is 264 g/mol. The summed E-state index contributed by atoms with van der Waals surface area (Å²) in [6.45, 7) is 5.16. The van der Waals surface area contributed by atoms with Crippen molar-refractivity contribution < 1.29 is 14.5 Å². The predicted octanol–water partition coefficient (Wildman–Crippen LogP) is 0.856. The maximum Gasteiger partial charge on any atom is 0.288 e. The summed E-state index contributed by atoms with van der Waals surface area (Å²) in [6.07, 6.45) is 1.75. The van der Waals surface area contributed by atoms with Crippen molar-refractivity contribution >= 4 is 11.6 Å². The van der Waals surface area contributed by atoms with E-state index >= 15 is 0 Å². The molecule has 0 radical (unpaired) electrons. The lowest BCUT2D eigenvalue weighted by molar-refractivity contribution is -0.385. The summed E-state index contributed by atoms with van der Waals surface area (Å²) in [5.74, 6) is -0.788. The van der Waals surface area contributed by atoms with Crippen molar-refractivity contribution in [3.63, 3.8) is 0 Å². The lowest BCUT2D eigenvalue weighted by Crippen LogP contribution is -2.25. The van der Waals surface area contributed by atoms with E-state index in [2.05, 4.69) is 10.3 Å². The molecule has 3 N–H and O–H groups in total. The summed E-state index contributed by atoms with van der Waals surface area (Å²) in [6, 6.07) is 1.45. The lowest BCUT2D eigenvalue weighted by Gasteiger charge is -2.10. The molecule has 1 aromatic heterocycles. The average Bonchev–Trinajstić information content (AvgIpc) is 2.37. The Morgan fingerprint density at radius 2 is 2.30 bits per heavy atom. The van der Waals surface area contributed by atoms with Crippen LogP contribution in [0.4, 0.5) is 5.69 Å². The van der Waals surface area contributed by atoms with Gasteiger partial charge in [-0.05, 0) is 13.0 Å². The van der Waals surface area contributed by atoms with E-state index in [9.17, 15) is 14.9 Å². The Labute approximate surface area is 116 Å². The molecule has 8 heteroatoms. The molecule has 0 aliphatic carbocycles. The van der Waals surface area contributed by atoms with Gasteiger partial charge in [-0.15, -0.1) is 0 Å². The fourth-order valence-electron chi connectivity index (χ4n) is 1.46. The highest BCUT2D eigenvalue weighted by atomic mass is 16.6. The van der Waals surface area contributed by atoms with Crippen molar-refractivity contribution in [1.82, 2.24) is 10.3 Å². The predicted molar refractivity (Wildman–Crippen MR) is 72.7 cm³/mol. The van der Waals surface area contributed by atoms with Crippen LogP contribution in [0.15, 0.2) is 12.3 Å². The first-order valence-corrected chi connectivity index (χ1v) is 6.22. The first kappa shape index (κ1) is 15.8. The molecule has 0 bridgehead atoms. The minimum absolute atomic E-state index is 0.0210. The topological polar surface area (TPSA) is 120 Å².